The molecule has 148 valence electrons. The summed E-state index contributed by atoms with van der Waals surface area (Å²) in [6.45, 7) is 10.7. The molecule has 1 heterocycles. The lowest BCUT2D eigenvalue weighted by Gasteiger charge is -2.64. The van der Waals surface area contributed by atoms with Crippen LogP contribution in [0.5, 0.6) is 0 Å². The highest BCUT2D eigenvalue weighted by Gasteiger charge is 2.68. The van der Waals surface area contributed by atoms with E-state index in [1.165, 1.54) is 6.42 Å². The fourth-order valence-electron chi connectivity index (χ4n) is 4.53. The van der Waals surface area contributed by atoms with Crippen LogP contribution in [0.15, 0.2) is 12.7 Å². The van der Waals surface area contributed by atoms with Gasteiger partial charge >= 0.3 is 19.3 Å². The van der Waals surface area contributed by atoms with E-state index in [2.05, 4.69) is 27.4 Å². The highest BCUT2D eigenvalue weighted by Crippen LogP contribution is 2.65. The number of carboxylic acids is 1. The summed E-state index contributed by atoms with van der Waals surface area (Å²) in [6, 6.07) is 0. The predicted molar refractivity (Wildman–Crippen MR) is 91.2 cm³/mol. The van der Waals surface area contributed by atoms with Crippen LogP contribution in [0.1, 0.15) is 46.5 Å². The van der Waals surface area contributed by atoms with Crippen molar-refractivity contribution < 1.29 is 32.4 Å². The van der Waals surface area contributed by atoms with Crippen molar-refractivity contribution in [3.05, 3.63) is 12.7 Å². The monoisotopic (exact) mass is 377 g/mol. The molecular formula is C17H27BF3NO4. The molecule has 4 rings (SSSR count). The Kier molecular flexibility index (Phi) is 5.86. The number of carboxylic acid groups (broad SMARTS) is 1. The van der Waals surface area contributed by atoms with Gasteiger partial charge in [0.2, 0.25) is 0 Å². The molecule has 4 fully saturated rings. The van der Waals surface area contributed by atoms with Gasteiger partial charge in [-0.3, -0.25) is 0 Å². The first kappa shape index (κ1) is 21.2. The minimum Gasteiger partial charge on any atom is -0.475 e. The fraction of sp³-hybridized carbons (Fsp3) is 0.824. The van der Waals surface area contributed by atoms with E-state index in [1.807, 2.05) is 6.08 Å². The van der Waals surface area contributed by atoms with Gasteiger partial charge in [-0.1, -0.05) is 19.9 Å². The number of aliphatic carboxylic acids is 1. The summed E-state index contributed by atoms with van der Waals surface area (Å²) in [4.78, 5) is 8.90. The lowest BCUT2D eigenvalue weighted by molar-refractivity contribution is -0.199. The molecule has 1 unspecified atom stereocenters. The number of carbonyl (C=O) groups is 1. The van der Waals surface area contributed by atoms with Crippen LogP contribution in [-0.2, 0) is 14.1 Å². The summed E-state index contributed by atoms with van der Waals surface area (Å²) in [5.74, 6) is -1.39. The van der Waals surface area contributed by atoms with Gasteiger partial charge in [0.15, 0.2) is 0 Å². The fourth-order valence-corrected chi connectivity index (χ4v) is 4.53. The molecule has 0 aromatic heterocycles. The molecule has 0 radical (unpaired) electrons. The van der Waals surface area contributed by atoms with Crippen LogP contribution in [0.2, 0.25) is 0 Å². The van der Waals surface area contributed by atoms with Crippen LogP contribution in [-0.4, -0.2) is 42.0 Å². The molecule has 0 aromatic carbocycles. The average molecular weight is 377 g/mol. The summed E-state index contributed by atoms with van der Waals surface area (Å²) < 4.78 is 44.2. The zero-order chi connectivity index (χ0) is 19.9. The second-order valence-electron chi connectivity index (χ2n) is 8.17. The summed E-state index contributed by atoms with van der Waals surface area (Å²) in [6.07, 6.45) is 1.29. The SMILES string of the molecule is C=CCCC(N)B1O[C@@H]2C[C@@H]3C[C@@H](C3(C)C)[C@]2(C)O1.O=C(O)C(F)(F)F. The smallest absolute Gasteiger partial charge is 0.475 e. The third kappa shape index (κ3) is 3.80. The van der Waals surface area contributed by atoms with Crippen LogP contribution >= 0.6 is 0 Å². The normalized spacial score (nSPS) is 35.5. The highest BCUT2D eigenvalue weighted by molar-refractivity contribution is 6.47. The van der Waals surface area contributed by atoms with Gasteiger partial charge in [0.25, 0.3) is 0 Å². The zero-order valence-electron chi connectivity index (χ0n) is 15.4. The topological polar surface area (TPSA) is 81.8 Å². The molecule has 3 N–H and O–H groups in total. The molecule has 0 aromatic rings. The number of halogens is 3. The van der Waals surface area contributed by atoms with E-state index >= 15 is 0 Å². The van der Waals surface area contributed by atoms with Crippen molar-refractivity contribution in [3.63, 3.8) is 0 Å². The van der Waals surface area contributed by atoms with E-state index < -0.39 is 12.1 Å². The van der Waals surface area contributed by atoms with Crippen LogP contribution in [0.4, 0.5) is 13.2 Å². The van der Waals surface area contributed by atoms with Crippen LogP contribution < -0.4 is 5.73 Å². The summed E-state index contributed by atoms with van der Waals surface area (Å²) in [5, 5.41) is 7.12. The second-order valence-corrected chi connectivity index (χ2v) is 8.17. The molecule has 4 aliphatic rings. The molecule has 1 saturated heterocycles. The van der Waals surface area contributed by atoms with Crippen molar-refractivity contribution in [1.29, 1.82) is 0 Å². The van der Waals surface area contributed by atoms with Crippen molar-refractivity contribution in [2.24, 2.45) is 23.0 Å². The minimum atomic E-state index is -5.08. The molecular weight excluding hydrogens is 350 g/mol. The molecule has 5 nitrogen and oxygen atoms in total. The van der Waals surface area contributed by atoms with E-state index in [0.29, 0.717) is 11.3 Å². The van der Waals surface area contributed by atoms with Gasteiger partial charge in [-0.05, 0) is 49.9 Å². The van der Waals surface area contributed by atoms with Crippen LogP contribution in [0, 0.1) is 17.3 Å². The van der Waals surface area contributed by atoms with Gasteiger partial charge in [-0.2, -0.15) is 13.2 Å². The van der Waals surface area contributed by atoms with Crippen molar-refractivity contribution in [3.8, 4) is 0 Å². The van der Waals surface area contributed by atoms with Gasteiger partial charge in [-0.25, -0.2) is 4.79 Å². The van der Waals surface area contributed by atoms with E-state index in [4.69, 9.17) is 24.9 Å². The number of hydrogen-bond acceptors (Lipinski definition) is 4. The largest absolute Gasteiger partial charge is 0.490 e. The Labute approximate surface area is 152 Å². The van der Waals surface area contributed by atoms with E-state index in [1.54, 1.807) is 0 Å². The lowest BCUT2D eigenvalue weighted by Crippen LogP contribution is -2.65. The molecule has 2 bridgehead atoms. The predicted octanol–water partition coefficient (Wildman–Crippen LogP) is 3.18. The standard InChI is InChI=1S/C15H26BNO2.C2HF3O2/c1-5-6-7-13(17)16-18-12-9-10-8-11(14(10,2)3)15(12,4)19-16;3-2(4,5)1(6)7/h5,10-13H,1,6-9,17H2,2-4H3;(H,6,7)/t10-,11-,12+,13?,15-;/m0./s1. The molecule has 26 heavy (non-hydrogen) atoms. The zero-order valence-corrected chi connectivity index (χ0v) is 15.4. The first-order valence-electron chi connectivity index (χ1n) is 8.84. The van der Waals surface area contributed by atoms with Crippen molar-refractivity contribution >= 4 is 13.1 Å². The first-order valence-corrected chi connectivity index (χ1v) is 8.84. The maximum atomic E-state index is 10.6. The maximum absolute atomic E-state index is 10.6. The Bertz CT molecular complexity index is 557. The molecule has 1 aliphatic heterocycles. The molecule has 5 atom stereocenters. The summed E-state index contributed by atoms with van der Waals surface area (Å²) in [5.41, 5.74) is 6.47. The van der Waals surface area contributed by atoms with Gasteiger partial charge in [0, 0.05) is 5.94 Å². The van der Waals surface area contributed by atoms with Crippen LogP contribution in [0.25, 0.3) is 0 Å². The molecule has 0 amide bonds. The van der Waals surface area contributed by atoms with E-state index in [9.17, 15) is 13.2 Å². The van der Waals surface area contributed by atoms with Crippen molar-refractivity contribution in [1.82, 2.24) is 0 Å². The second kappa shape index (κ2) is 7.17. The number of hydrogen-bond donors (Lipinski definition) is 2. The summed E-state index contributed by atoms with van der Waals surface area (Å²) >= 11 is 0. The van der Waals surface area contributed by atoms with E-state index in [-0.39, 0.29) is 24.8 Å². The first-order chi connectivity index (χ1) is 11.8. The van der Waals surface area contributed by atoms with E-state index in [0.717, 1.165) is 25.2 Å². The van der Waals surface area contributed by atoms with Gasteiger partial charge in [0.05, 0.1) is 11.7 Å². The number of rotatable bonds is 4. The Morgan fingerprint density at radius 1 is 1.42 bits per heavy atom. The van der Waals surface area contributed by atoms with Crippen molar-refractivity contribution in [2.75, 3.05) is 0 Å². The number of allylic oxidation sites excluding steroid dienone is 1. The lowest BCUT2D eigenvalue weighted by atomic mass is 9.43. The highest BCUT2D eigenvalue weighted by atomic mass is 19.4. The molecule has 3 aliphatic carbocycles. The van der Waals surface area contributed by atoms with Crippen LogP contribution in [0.3, 0.4) is 0 Å². The molecule has 9 heteroatoms. The number of alkyl halides is 3. The maximum Gasteiger partial charge on any atom is 0.490 e. The summed E-state index contributed by atoms with van der Waals surface area (Å²) in [7, 11) is -0.231. The van der Waals surface area contributed by atoms with Gasteiger partial charge in [-0.15, -0.1) is 6.58 Å². The molecule has 3 saturated carbocycles. The third-order valence-corrected chi connectivity index (χ3v) is 6.27. The minimum absolute atomic E-state index is 0.0410. The quantitative estimate of drug-likeness (QED) is 0.581. The average Bonchev–Trinajstić information content (AvgIpc) is 2.89. The van der Waals surface area contributed by atoms with Gasteiger partial charge in [0.1, 0.15) is 0 Å². The Hall–Kier alpha value is -1.06. The molecule has 0 spiro atoms. The Morgan fingerprint density at radius 3 is 2.46 bits per heavy atom. The number of nitrogens with two attached hydrogens (primary N) is 1. The van der Waals surface area contributed by atoms with Crippen molar-refractivity contribution in [2.45, 2.75) is 70.3 Å². The Balaban J connectivity index is 0.000000298. The van der Waals surface area contributed by atoms with Gasteiger partial charge < -0.3 is 20.1 Å². The Morgan fingerprint density at radius 2 is 2.00 bits per heavy atom. The third-order valence-electron chi connectivity index (χ3n) is 6.27.